The van der Waals surface area contributed by atoms with Crippen LogP contribution in [0.25, 0.3) is 5.82 Å². The number of carbonyl (C=O) groups is 1. The second-order valence-electron chi connectivity index (χ2n) is 6.29. The van der Waals surface area contributed by atoms with Gasteiger partial charge in [0, 0.05) is 17.4 Å². The molecule has 1 N–H and O–H groups in total. The van der Waals surface area contributed by atoms with E-state index in [0.717, 1.165) is 17.0 Å². The van der Waals surface area contributed by atoms with E-state index in [-0.39, 0.29) is 11.5 Å². The summed E-state index contributed by atoms with van der Waals surface area (Å²) in [5.41, 5.74) is 3.07. The topological polar surface area (TPSA) is 81.8 Å². The van der Waals surface area contributed by atoms with Crippen molar-refractivity contribution in [3.05, 3.63) is 69.8 Å². The predicted octanol–water partition coefficient (Wildman–Crippen LogP) is 2.55. The van der Waals surface area contributed by atoms with Gasteiger partial charge in [-0.15, -0.1) is 5.10 Å². The van der Waals surface area contributed by atoms with Crippen molar-refractivity contribution in [3.8, 4) is 5.82 Å². The summed E-state index contributed by atoms with van der Waals surface area (Å²) >= 11 is 0. The van der Waals surface area contributed by atoms with Crippen molar-refractivity contribution in [2.24, 2.45) is 0 Å². The molecule has 1 aromatic carbocycles. The number of aromatic nitrogens is 4. The van der Waals surface area contributed by atoms with E-state index in [2.05, 4.69) is 15.5 Å². The number of nitrogens with zero attached hydrogens (tertiary/aromatic N) is 4. The number of benzene rings is 1. The van der Waals surface area contributed by atoms with Gasteiger partial charge in [-0.1, -0.05) is 18.2 Å². The highest BCUT2D eigenvalue weighted by molar-refractivity contribution is 5.94. The Kier molecular flexibility index (Phi) is 4.71. The predicted molar refractivity (Wildman–Crippen MR) is 99.6 cm³/mol. The van der Waals surface area contributed by atoms with Crippen molar-refractivity contribution in [3.63, 3.8) is 0 Å². The summed E-state index contributed by atoms with van der Waals surface area (Å²) in [6.45, 7) is 7.35. The average molecular weight is 351 g/mol. The molecule has 2 aromatic heterocycles. The van der Waals surface area contributed by atoms with Gasteiger partial charge in [-0.3, -0.25) is 9.59 Å². The highest BCUT2D eigenvalue weighted by Crippen LogP contribution is 2.15. The van der Waals surface area contributed by atoms with Crippen LogP contribution in [0.15, 0.2) is 47.3 Å². The SMILES string of the molecule is Cc1cc(C)n(-c2ccc(=O)n(C(C)C(=O)Nc3ccccc3C)n2)n1. The summed E-state index contributed by atoms with van der Waals surface area (Å²) in [7, 11) is 0. The maximum atomic E-state index is 12.6. The summed E-state index contributed by atoms with van der Waals surface area (Å²) in [6.07, 6.45) is 0. The molecule has 2 heterocycles. The molecule has 0 radical (unpaired) electrons. The van der Waals surface area contributed by atoms with Crippen molar-refractivity contribution in [2.45, 2.75) is 33.7 Å². The van der Waals surface area contributed by atoms with Gasteiger partial charge >= 0.3 is 0 Å². The zero-order valence-electron chi connectivity index (χ0n) is 15.2. The molecule has 1 atom stereocenters. The molecule has 134 valence electrons. The van der Waals surface area contributed by atoms with E-state index in [0.29, 0.717) is 11.5 Å². The van der Waals surface area contributed by atoms with Crippen LogP contribution in [0.4, 0.5) is 5.69 Å². The Labute approximate surface area is 151 Å². The van der Waals surface area contributed by atoms with Crippen LogP contribution in [0, 0.1) is 20.8 Å². The number of hydrogen-bond acceptors (Lipinski definition) is 4. The molecule has 0 aliphatic rings. The Morgan fingerprint density at radius 1 is 1.08 bits per heavy atom. The summed E-state index contributed by atoms with van der Waals surface area (Å²) < 4.78 is 2.83. The first-order valence-corrected chi connectivity index (χ1v) is 8.37. The van der Waals surface area contributed by atoms with E-state index in [1.165, 1.54) is 10.7 Å². The Hall–Kier alpha value is -3.22. The monoisotopic (exact) mass is 351 g/mol. The van der Waals surface area contributed by atoms with Gasteiger partial charge < -0.3 is 5.32 Å². The fourth-order valence-corrected chi connectivity index (χ4v) is 2.73. The number of carbonyl (C=O) groups excluding carboxylic acids is 1. The van der Waals surface area contributed by atoms with Crippen LogP contribution in [0.1, 0.15) is 29.9 Å². The van der Waals surface area contributed by atoms with Gasteiger partial charge in [-0.2, -0.15) is 5.10 Å². The maximum Gasteiger partial charge on any atom is 0.267 e. The Morgan fingerprint density at radius 2 is 1.81 bits per heavy atom. The fourth-order valence-electron chi connectivity index (χ4n) is 2.73. The molecule has 0 aliphatic heterocycles. The van der Waals surface area contributed by atoms with E-state index < -0.39 is 6.04 Å². The molecule has 26 heavy (non-hydrogen) atoms. The number of nitrogens with one attached hydrogen (secondary N) is 1. The molecule has 0 aliphatic carbocycles. The first kappa shape index (κ1) is 17.6. The van der Waals surface area contributed by atoms with Crippen molar-refractivity contribution in [2.75, 3.05) is 5.32 Å². The van der Waals surface area contributed by atoms with Gasteiger partial charge in [0.25, 0.3) is 5.56 Å². The molecule has 1 unspecified atom stereocenters. The molecule has 3 rings (SSSR count). The minimum Gasteiger partial charge on any atom is -0.324 e. The normalized spacial score (nSPS) is 12.0. The molecule has 0 fully saturated rings. The van der Waals surface area contributed by atoms with Crippen molar-refractivity contribution in [1.29, 1.82) is 0 Å². The lowest BCUT2D eigenvalue weighted by Crippen LogP contribution is -2.33. The first-order chi connectivity index (χ1) is 12.4. The van der Waals surface area contributed by atoms with Gasteiger partial charge in [0.05, 0.1) is 5.69 Å². The first-order valence-electron chi connectivity index (χ1n) is 8.37. The molecule has 7 heteroatoms. The van der Waals surface area contributed by atoms with E-state index in [1.54, 1.807) is 17.7 Å². The van der Waals surface area contributed by atoms with Crippen LogP contribution in [0.5, 0.6) is 0 Å². The quantitative estimate of drug-likeness (QED) is 0.783. The summed E-state index contributed by atoms with van der Waals surface area (Å²) in [5, 5.41) is 11.6. The number of amides is 1. The van der Waals surface area contributed by atoms with Crippen LogP contribution in [-0.4, -0.2) is 25.5 Å². The number of anilines is 1. The van der Waals surface area contributed by atoms with E-state index in [4.69, 9.17) is 0 Å². The highest BCUT2D eigenvalue weighted by Gasteiger charge is 2.19. The maximum absolute atomic E-state index is 12.6. The van der Waals surface area contributed by atoms with Crippen molar-refractivity contribution >= 4 is 11.6 Å². The van der Waals surface area contributed by atoms with Crippen molar-refractivity contribution in [1.82, 2.24) is 19.6 Å². The lowest BCUT2D eigenvalue weighted by Gasteiger charge is -2.16. The zero-order chi connectivity index (χ0) is 18.8. The zero-order valence-corrected chi connectivity index (χ0v) is 15.2. The minimum atomic E-state index is -0.765. The van der Waals surface area contributed by atoms with E-state index in [9.17, 15) is 9.59 Å². The summed E-state index contributed by atoms with van der Waals surface area (Å²) in [4.78, 5) is 24.9. The van der Waals surface area contributed by atoms with Gasteiger partial charge in [0.2, 0.25) is 5.91 Å². The number of rotatable bonds is 4. The molecule has 0 spiro atoms. The van der Waals surface area contributed by atoms with Crippen molar-refractivity contribution < 1.29 is 4.79 Å². The van der Waals surface area contributed by atoms with Crippen LogP contribution in [-0.2, 0) is 4.79 Å². The second-order valence-corrected chi connectivity index (χ2v) is 6.29. The molecule has 0 bridgehead atoms. The molecule has 1 amide bonds. The highest BCUT2D eigenvalue weighted by atomic mass is 16.2. The Morgan fingerprint density at radius 3 is 2.46 bits per heavy atom. The average Bonchev–Trinajstić information content (AvgIpc) is 2.95. The third-order valence-corrected chi connectivity index (χ3v) is 4.19. The van der Waals surface area contributed by atoms with Crippen LogP contribution >= 0.6 is 0 Å². The standard InChI is InChI=1S/C19H21N5O2/c1-12-7-5-6-8-16(12)20-19(26)15(4)24-18(25)10-9-17(22-24)23-14(3)11-13(2)21-23/h5-11,15H,1-4H3,(H,20,26). The molecule has 7 nitrogen and oxygen atoms in total. The summed E-state index contributed by atoms with van der Waals surface area (Å²) in [6, 6.07) is 11.6. The fraction of sp³-hybridized carbons (Fsp3) is 0.263. The third kappa shape index (κ3) is 3.42. The van der Waals surface area contributed by atoms with Gasteiger partial charge in [0.1, 0.15) is 6.04 Å². The van der Waals surface area contributed by atoms with Gasteiger partial charge in [-0.25, -0.2) is 9.36 Å². The smallest absolute Gasteiger partial charge is 0.267 e. The third-order valence-electron chi connectivity index (χ3n) is 4.19. The number of para-hydroxylation sites is 1. The molecule has 3 aromatic rings. The Balaban J connectivity index is 1.91. The molecular formula is C19H21N5O2. The van der Waals surface area contributed by atoms with Crippen LogP contribution in [0.3, 0.4) is 0 Å². The lowest BCUT2D eigenvalue weighted by molar-refractivity contribution is -0.119. The largest absolute Gasteiger partial charge is 0.324 e. The summed E-state index contributed by atoms with van der Waals surface area (Å²) in [5.74, 6) is 0.185. The van der Waals surface area contributed by atoms with Crippen LogP contribution < -0.4 is 10.9 Å². The van der Waals surface area contributed by atoms with Gasteiger partial charge in [-0.05, 0) is 51.5 Å². The molecule has 0 saturated heterocycles. The minimum absolute atomic E-state index is 0.306. The van der Waals surface area contributed by atoms with E-state index in [1.807, 2.05) is 51.1 Å². The van der Waals surface area contributed by atoms with Crippen LogP contribution in [0.2, 0.25) is 0 Å². The second kappa shape index (κ2) is 6.95. The number of aryl methyl sites for hydroxylation is 3. The Bertz CT molecular complexity index is 1020. The van der Waals surface area contributed by atoms with Gasteiger partial charge in [0.15, 0.2) is 5.82 Å². The number of hydrogen-bond donors (Lipinski definition) is 1. The van der Waals surface area contributed by atoms with E-state index >= 15 is 0 Å². The molecule has 0 saturated carbocycles. The lowest BCUT2D eigenvalue weighted by atomic mass is 10.2. The molecular weight excluding hydrogens is 330 g/mol.